The first kappa shape index (κ1) is 53.3. The van der Waals surface area contributed by atoms with Gasteiger partial charge in [0.2, 0.25) is 35.4 Å². The topological polar surface area (TPSA) is 294 Å². The minimum absolute atomic E-state index is 0.0671. The Labute approximate surface area is 414 Å². The molecule has 9 N–H and O–H groups in total. The van der Waals surface area contributed by atoms with Crippen LogP contribution in [0.15, 0.2) is 42.5 Å². The number of nitrogens with two attached hydrogens (primary N) is 1. The molecule has 7 rings (SSSR count). The van der Waals surface area contributed by atoms with Gasteiger partial charge in [-0.15, -0.1) is 0 Å². The predicted molar refractivity (Wildman–Crippen MR) is 256 cm³/mol. The van der Waals surface area contributed by atoms with Crippen LogP contribution in [-0.4, -0.2) is 134 Å². The Balaban J connectivity index is 0.865. The van der Waals surface area contributed by atoms with Gasteiger partial charge in [-0.2, -0.15) is 8.78 Å². The second kappa shape index (κ2) is 22.9. The van der Waals surface area contributed by atoms with E-state index >= 15 is 0 Å². The molecule has 0 aliphatic carbocycles. The van der Waals surface area contributed by atoms with Gasteiger partial charge in [0, 0.05) is 72.5 Å². The molecule has 20 nitrogen and oxygen atoms in total. The van der Waals surface area contributed by atoms with E-state index in [1.54, 1.807) is 19.2 Å². The average Bonchev–Trinajstić information content (AvgIpc) is 4.05. The van der Waals surface area contributed by atoms with Crippen LogP contribution >= 0.6 is 7.60 Å². The molecule has 0 bridgehead atoms. The molecule has 0 saturated carbocycles. The van der Waals surface area contributed by atoms with E-state index in [0.29, 0.717) is 44.3 Å². The molecule has 0 radical (unpaired) electrons. The van der Waals surface area contributed by atoms with E-state index in [2.05, 4.69) is 38.1 Å². The number of fused-ring (bicyclic) bond motifs is 3. The smallest absolute Gasteiger partial charge is 0.370 e. The molecule has 72 heavy (non-hydrogen) atoms. The van der Waals surface area contributed by atoms with Crippen molar-refractivity contribution in [2.75, 3.05) is 26.7 Å². The largest absolute Gasteiger partial charge is 0.399 e. The quantitative estimate of drug-likeness (QED) is 0.0372. The number of halogens is 2. The highest BCUT2D eigenvalue weighted by atomic mass is 31.2. The summed E-state index contributed by atoms with van der Waals surface area (Å²) in [6.07, 6.45) is 7.29. The summed E-state index contributed by atoms with van der Waals surface area (Å²) < 4.78 is 40.3. The lowest BCUT2D eigenvalue weighted by Gasteiger charge is -2.37. The third kappa shape index (κ3) is 12.4. The van der Waals surface area contributed by atoms with E-state index in [9.17, 15) is 61.5 Å². The number of hydrogen-bond acceptors (Lipinski definition) is 10. The zero-order chi connectivity index (χ0) is 51.9. The Morgan fingerprint density at radius 1 is 0.972 bits per heavy atom. The van der Waals surface area contributed by atoms with E-state index in [1.165, 1.54) is 15.9 Å². The summed E-state index contributed by atoms with van der Waals surface area (Å²) in [4.78, 5) is 130. The third-order valence-corrected chi connectivity index (χ3v) is 14.7. The first-order valence-corrected chi connectivity index (χ1v) is 25.8. The molecule has 5 atom stereocenters. The van der Waals surface area contributed by atoms with Crippen molar-refractivity contribution in [3.63, 3.8) is 0 Å². The van der Waals surface area contributed by atoms with Crippen LogP contribution in [0.1, 0.15) is 127 Å². The molecule has 4 aliphatic heterocycles. The zero-order valence-electron chi connectivity index (χ0n) is 39.8. The molecule has 0 spiro atoms. The summed E-state index contributed by atoms with van der Waals surface area (Å²) in [6, 6.07) is 5.11. The third-order valence-electron chi connectivity index (χ3n) is 13.7. The van der Waals surface area contributed by atoms with Crippen LogP contribution in [-0.2, 0) is 45.5 Å². The Morgan fingerprint density at radius 3 is 2.46 bits per heavy atom. The lowest BCUT2D eigenvalue weighted by atomic mass is 10.0. The molecule has 2 aromatic carbocycles. The van der Waals surface area contributed by atoms with E-state index < -0.39 is 78.4 Å². The van der Waals surface area contributed by atoms with Crippen LogP contribution in [0, 0.1) is 11.8 Å². The zero-order valence-corrected chi connectivity index (χ0v) is 40.7. The van der Waals surface area contributed by atoms with Crippen LogP contribution < -0.4 is 27.0 Å². The van der Waals surface area contributed by atoms with Crippen molar-refractivity contribution in [2.24, 2.45) is 5.73 Å². The number of nitrogens with one attached hydrogen (secondary N) is 5. The number of primary amides is 1. The molecule has 1 unspecified atom stereocenters. The second-order valence-electron chi connectivity index (χ2n) is 18.9. The maximum atomic E-state index is 14.4. The molecule has 4 aliphatic rings. The van der Waals surface area contributed by atoms with E-state index in [0.717, 1.165) is 61.4 Å². The number of imide groups is 1. The van der Waals surface area contributed by atoms with Crippen LogP contribution in [0.3, 0.4) is 0 Å². The highest BCUT2D eigenvalue weighted by Crippen LogP contribution is 2.59. The van der Waals surface area contributed by atoms with Crippen molar-refractivity contribution in [1.82, 2.24) is 41.0 Å². The summed E-state index contributed by atoms with van der Waals surface area (Å²) in [5.41, 5.74) is 2.17. The lowest BCUT2D eigenvalue weighted by Crippen LogP contribution is -2.61. The Hall–Kier alpha value is -6.53. The molecular weight excluding hydrogens is 960 g/mol. The number of piperidine rings is 1. The number of amides is 8. The number of hydrogen-bond donors (Lipinski definition) is 8. The minimum atomic E-state index is -5.85. The number of alkyl halides is 2. The van der Waals surface area contributed by atoms with E-state index in [1.807, 2.05) is 11.0 Å². The standard InChI is InChI=1S/C49H60F2N9O11P/c1-58-24-22-32-15-18-40(60(32)48(68)38(28-58)56-44(64)37-26-30-25-31(14-16-35(30)54-37)49(50,51)72(69,70)71)46(66)55-36(17-20-41(52)61)43(63)53-23-9-7-5-3-2-4-6-8-11-29-12-10-13-33-34(29)27-59(47(33)67)39-19-21-42(62)57-45(39)65/h10,12-14,16,25-26,32,36,38-40,54H,2-7,9,15,17-24,27-28H2,1H3,(H2,52,61)(H,53,63)(H,55,66)(H,56,64)(H,57,62,65)(H2,69,70,71)/t32-,36+,38+,39?,40+/m1/s1. The van der Waals surface area contributed by atoms with Gasteiger partial charge in [0.25, 0.3) is 11.8 Å². The van der Waals surface area contributed by atoms with Gasteiger partial charge in [0.1, 0.15) is 29.9 Å². The van der Waals surface area contributed by atoms with Crippen LogP contribution in [0.5, 0.6) is 0 Å². The van der Waals surface area contributed by atoms with Crippen LogP contribution in [0.2, 0.25) is 0 Å². The van der Waals surface area contributed by atoms with Crippen LogP contribution in [0.4, 0.5) is 8.78 Å². The maximum Gasteiger partial charge on any atom is 0.399 e. The molecule has 1 aromatic heterocycles. The van der Waals surface area contributed by atoms with Crippen molar-refractivity contribution >= 4 is 65.8 Å². The molecule has 8 amide bonds. The first-order chi connectivity index (χ1) is 34.2. The number of rotatable bonds is 19. The summed E-state index contributed by atoms with van der Waals surface area (Å²) in [5, 5.41) is 10.7. The van der Waals surface area contributed by atoms with Crippen LogP contribution in [0.25, 0.3) is 10.9 Å². The fourth-order valence-electron chi connectivity index (χ4n) is 9.81. The highest BCUT2D eigenvalue weighted by molar-refractivity contribution is 7.52. The second-order valence-corrected chi connectivity index (χ2v) is 20.6. The summed E-state index contributed by atoms with van der Waals surface area (Å²) >= 11 is 0. The van der Waals surface area contributed by atoms with Crippen molar-refractivity contribution < 1.29 is 61.5 Å². The number of carbonyl (C=O) groups is 8. The average molecular weight is 1020 g/mol. The first-order valence-electron chi connectivity index (χ1n) is 24.2. The Bertz CT molecular complexity index is 2730. The number of carbonyl (C=O) groups excluding carboxylic acids is 8. The number of H-pyrrole nitrogens is 1. The van der Waals surface area contributed by atoms with E-state index in [4.69, 9.17) is 5.73 Å². The lowest BCUT2D eigenvalue weighted by molar-refractivity contribution is -0.144. The molecule has 3 fully saturated rings. The molecule has 3 saturated heterocycles. The Kier molecular flexibility index (Phi) is 17.0. The van der Waals surface area contributed by atoms with Crippen molar-refractivity contribution in [2.45, 2.75) is 132 Å². The van der Waals surface area contributed by atoms with E-state index in [-0.39, 0.29) is 79.6 Å². The summed E-state index contributed by atoms with van der Waals surface area (Å²) in [7, 11) is -4.07. The van der Waals surface area contributed by atoms with Crippen molar-refractivity contribution in [3.8, 4) is 11.8 Å². The van der Waals surface area contributed by atoms with Crippen molar-refractivity contribution in [1.29, 1.82) is 0 Å². The number of unbranched alkanes of at least 4 members (excludes halogenated alkanes) is 6. The molecule has 3 aromatic rings. The van der Waals surface area contributed by atoms with Gasteiger partial charge in [-0.05, 0) is 94.4 Å². The SMILES string of the molecule is CN1CC[C@H]2CC[C@@H](C(=O)N[C@@H](CCC(N)=O)C(=O)NCCCCCCCCC#Cc3cccc4c3CN(C3CCC(=O)NC3=O)C4=O)N2C(=O)[C@@H](NC(=O)c2cc3cc(C(F)(F)P(=O)(O)O)ccc3[nH]2)C1. The molecule has 386 valence electrons. The maximum absolute atomic E-state index is 14.4. The number of benzene rings is 2. The molecule has 23 heteroatoms. The fourth-order valence-corrected chi connectivity index (χ4v) is 10.3. The summed E-state index contributed by atoms with van der Waals surface area (Å²) in [5.74, 6) is 2.28. The predicted octanol–water partition coefficient (Wildman–Crippen LogP) is 2.60. The molecular formula is C49H60F2N9O11P. The monoisotopic (exact) mass is 1020 g/mol. The van der Waals surface area contributed by atoms with Gasteiger partial charge < -0.3 is 51.2 Å². The number of aromatic amines is 1. The van der Waals surface area contributed by atoms with Gasteiger partial charge in [0.05, 0.1) is 0 Å². The number of aromatic nitrogens is 1. The van der Waals surface area contributed by atoms with Crippen molar-refractivity contribution in [3.05, 3.63) is 70.4 Å². The molecule has 5 heterocycles. The summed E-state index contributed by atoms with van der Waals surface area (Å²) in [6.45, 7) is 1.17. The fraction of sp³-hybridized carbons (Fsp3) is 0.510. The Morgan fingerprint density at radius 2 is 1.72 bits per heavy atom. The minimum Gasteiger partial charge on any atom is -0.370 e. The number of nitrogens with zero attached hydrogens (tertiary/aromatic N) is 3. The van der Waals surface area contributed by atoms with Gasteiger partial charge in [-0.1, -0.05) is 49.7 Å². The van der Waals surface area contributed by atoms with Gasteiger partial charge in [-0.3, -0.25) is 48.2 Å². The highest BCUT2D eigenvalue weighted by Gasteiger charge is 2.51. The van der Waals surface area contributed by atoms with Gasteiger partial charge >= 0.3 is 13.3 Å². The number of likely N-dealkylation sites (N-methyl/N-ethyl adjacent to an activating group) is 1. The van der Waals surface area contributed by atoms with Gasteiger partial charge in [-0.25, -0.2) is 0 Å². The normalized spacial score (nSPS) is 21.0. The van der Waals surface area contributed by atoms with Gasteiger partial charge in [0.15, 0.2) is 0 Å².